The molecule has 0 saturated carbocycles. The maximum Gasteiger partial charge on any atom is 0.260 e. The van der Waals surface area contributed by atoms with Crippen molar-refractivity contribution in [1.82, 2.24) is 9.80 Å². The van der Waals surface area contributed by atoms with Gasteiger partial charge in [0, 0.05) is 31.7 Å². The average Bonchev–Trinajstić information content (AvgIpc) is 3.22. The second-order valence-electron chi connectivity index (χ2n) is 7.47. The normalized spacial score (nSPS) is 19.6. The third-order valence-electron chi connectivity index (χ3n) is 5.46. The van der Waals surface area contributed by atoms with Crippen LogP contribution in [0.25, 0.3) is 0 Å². The van der Waals surface area contributed by atoms with Crippen LogP contribution in [0.4, 0.5) is 0 Å². The predicted molar refractivity (Wildman–Crippen MR) is 107 cm³/mol. The monoisotopic (exact) mass is 389 g/mol. The second kappa shape index (κ2) is 9.78. The molecule has 1 unspecified atom stereocenters. The van der Waals surface area contributed by atoms with Gasteiger partial charge in [0.25, 0.3) is 11.8 Å². The van der Waals surface area contributed by atoms with Crippen LogP contribution >= 0.6 is 0 Å². The summed E-state index contributed by atoms with van der Waals surface area (Å²) in [7, 11) is 0. The molecular formula is C21H31N3O4. The molecule has 2 N–H and O–H groups in total. The summed E-state index contributed by atoms with van der Waals surface area (Å²) in [6, 6.07) is 5.17. The van der Waals surface area contributed by atoms with Crippen LogP contribution in [0.3, 0.4) is 0 Å². The molecule has 3 rings (SSSR count). The highest BCUT2D eigenvalue weighted by molar-refractivity contribution is 5.95. The quantitative estimate of drug-likeness (QED) is 0.770. The second-order valence-corrected chi connectivity index (χ2v) is 7.47. The summed E-state index contributed by atoms with van der Waals surface area (Å²) in [6.07, 6.45) is 4.22. The number of carbonyl (C=O) groups is 2. The lowest BCUT2D eigenvalue weighted by atomic mass is 10.1. The summed E-state index contributed by atoms with van der Waals surface area (Å²) in [5.41, 5.74) is 6.29. The summed E-state index contributed by atoms with van der Waals surface area (Å²) in [5, 5.41) is 0. The number of hydrogen-bond acceptors (Lipinski definition) is 5. The van der Waals surface area contributed by atoms with E-state index in [4.69, 9.17) is 15.2 Å². The van der Waals surface area contributed by atoms with Gasteiger partial charge in [-0.05, 0) is 63.3 Å². The Bertz CT molecular complexity index is 688. The van der Waals surface area contributed by atoms with Crippen molar-refractivity contribution in [3.05, 3.63) is 23.8 Å². The van der Waals surface area contributed by atoms with Gasteiger partial charge in [-0.25, -0.2) is 0 Å². The molecule has 2 heterocycles. The number of ether oxygens (including phenoxy) is 2. The molecule has 0 radical (unpaired) electrons. The summed E-state index contributed by atoms with van der Waals surface area (Å²) in [6.45, 7) is 5.94. The van der Waals surface area contributed by atoms with Gasteiger partial charge in [-0.3, -0.25) is 9.59 Å². The lowest BCUT2D eigenvalue weighted by molar-refractivity contribution is -0.134. The van der Waals surface area contributed by atoms with E-state index in [1.165, 1.54) is 6.42 Å². The van der Waals surface area contributed by atoms with Crippen LogP contribution in [-0.4, -0.2) is 67.6 Å². The Morgan fingerprint density at radius 1 is 1.07 bits per heavy atom. The molecule has 0 aromatic heterocycles. The highest BCUT2D eigenvalue weighted by Crippen LogP contribution is 2.30. The maximum atomic E-state index is 12.8. The van der Waals surface area contributed by atoms with E-state index in [0.717, 1.165) is 38.9 Å². The van der Waals surface area contributed by atoms with Gasteiger partial charge in [-0.1, -0.05) is 0 Å². The first-order chi connectivity index (χ1) is 13.6. The Labute approximate surface area is 166 Å². The highest BCUT2D eigenvalue weighted by atomic mass is 16.5. The van der Waals surface area contributed by atoms with Crippen LogP contribution in [0.1, 0.15) is 43.0 Å². The molecule has 2 aliphatic rings. The first-order valence-electron chi connectivity index (χ1n) is 10.3. The lowest BCUT2D eigenvalue weighted by Gasteiger charge is -2.26. The summed E-state index contributed by atoms with van der Waals surface area (Å²) < 4.78 is 11.4. The van der Waals surface area contributed by atoms with Crippen LogP contribution in [0.5, 0.6) is 11.5 Å². The standard InChI is InChI=1S/C21H31N3O4/c1-2-27-19-12-17(21(26)24-11-8-16(13-22)14-24)6-7-18(19)28-15-20(25)23-9-4-3-5-10-23/h6-7,12,16H,2-5,8-11,13-15,22H2,1H3. The van der Waals surface area contributed by atoms with Crippen molar-refractivity contribution in [2.75, 3.05) is 45.9 Å². The van der Waals surface area contributed by atoms with Gasteiger partial charge in [-0.2, -0.15) is 0 Å². The van der Waals surface area contributed by atoms with Crippen molar-refractivity contribution in [2.24, 2.45) is 11.7 Å². The largest absolute Gasteiger partial charge is 0.490 e. The van der Waals surface area contributed by atoms with Gasteiger partial charge in [0.1, 0.15) is 0 Å². The van der Waals surface area contributed by atoms with Gasteiger partial charge in [0.05, 0.1) is 6.61 Å². The average molecular weight is 389 g/mol. The van der Waals surface area contributed by atoms with Gasteiger partial charge in [0.2, 0.25) is 0 Å². The number of nitrogens with two attached hydrogens (primary N) is 1. The lowest BCUT2D eigenvalue weighted by Crippen LogP contribution is -2.38. The number of rotatable bonds is 7. The summed E-state index contributed by atoms with van der Waals surface area (Å²) in [4.78, 5) is 28.8. The molecule has 7 nitrogen and oxygen atoms in total. The van der Waals surface area contributed by atoms with Crippen molar-refractivity contribution in [3.63, 3.8) is 0 Å². The Balaban J connectivity index is 1.65. The smallest absolute Gasteiger partial charge is 0.260 e. The fraction of sp³-hybridized carbons (Fsp3) is 0.619. The van der Waals surface area contributed by atoms with Crippen LogP contribution < -0.4 is 15.2 Å². The molecular weight excluding hydrogens is 358 g/mol. The van der Waals surface area contributed by atoms with E-state index in [9.17, 15) is 9.59 Å². The number of piperidine rings is 1. The molecule has 2 amide bonds. The van der Waals surface area contributed by atoms with Crippen LogP contribution in [0.15, 0.2) is 18.2 Å². The molecule has 2 aliphatic heterocycles. The number of amides is 2. The van der Waals surface area contributed by atoms with Crippen LogP contribution in [-0.2, 0) is 4.79 Å². The molecule has 1 aromatic rings. The van der Waals surface area contributed by atoms with Gasteiger partial charge in [0.15, 0.2) is 18.1 Å². The van der Waals surface area contributed by atoms with E-state index in [-0.39, 0.29) is 18.4 Å². The van der Waals surface area contributed by atoms with E-state index in [1.54, 1.807) is 18.2 Å². The Kier molecular flexibility index (Phi) is 7.14. The van der Waals surface area contributed by atoms with E-state index in [1.807, 2.05) is 16.7 Å². The van der Waals surface area contributed by atoms with Crippen molar-refractivity contribution < 1.29 is 19.1 Å². The minimum atomic E-state index is -0.0205. The van der Waals surface area contributed by atoms with Crippen molar-refractivity contribution in [3.8, 4) is 11.5 Å². The van der Waals surface area contributed by atoms with E-state index >= 15 is 0 Å². The number of hydrogen-bond donors (Lipinski definition) is 1. The zero-order chi connectivity index (χ0) is 19.9. The number of carbonyl (C=O) groups excluding carboxylic acids is 2. The minimum Gasteiger partial charge on any atom is -0.490 e. The van der Waals surface area contributed by atoms with Crippen molar-refractivity contribution >= 4 is 11.8 Å². The Morgan fingerprint density at radius 3 is 2.54 bits per heavy atom. The summed E-state index contributed by atoms with van der Waals surface area (Å²) >= 11 is 0. The molecule has 1 aromatic carbocycles. The molecule has 0 bridgehead atoms. The molecule has 2 saturated heterocycles. The Hall–Kier alpha value is -2.28. The molecule has 7 heteroatoms. The number of benzene rings is 1. The summed E-state index contributed by atoms with van der Waals surface area (Å²) in [5.74, 6) is 1.33. The third kappa shape index (κ3) is 4.95. The molecule has 0 aliphatic carbocycles. The fourth-order valence-corrected chi connectivity index (χ4v) is 3.79. The Morgan fingerprint density at radius 2 is 1.86 bits per heavy atom. The van der Waals surface area contributed by atoms with E-state index in [2.05, 4.69) is 0 Å². The van der Waals surface area contributed by atoms with Crippen LogP contribution in [0.2, 0.25) is 0 Å². The van der Waals surface area contributed by atoms with Crippen molar-refractivity contribution in [2.45, 2.75) is 32.6 Å². The van der Waals surface area contributed by atoms with Crippen molar-refractivity contribution in [1.29, 1.82) is 0 Å². The zero-order valence-corrected chi connectivity index (χ0v) is 16.7. The highest BCUT2D eigenvalue weighted by Gasteiger charge is 2.27. The van der Waals surface area contributed by atoms with Gasteiger partial charge >= 0.3 is 0 Å². The zero-order valence-electron chi connectivity index (χ0n) is 16.7. The minimum absolute atomic E-state index is 0.00723. The fourth-order valence-electron chi connectivity index (χ4n) is 3.79. The first kappa shape index (κ1) is 20.5. The van der Waals surface area contributed by atoms with Gasteiger partial charge in [-0.15, -0.1) is 0 Å². The number of likely N-dealkylation sites (tertiary alicyclic amines) is 2. The van der Waals surface area contributed by atoms with Crippen LogP contribution in [0, 0.1) is 5.92 Å². The SMILES string of the molecule is CCOc1cc(C(=O)N2CCC(CN)C2)ccc1OCC(=O)N1CCCCC1. The predicted octanol–water partition coefficient (Wildman–Crippen LogP) is 1.90. The van der Waals surface area contributed by atoms with E-state index in [0.29, 0.717) is 42.7 Å². The maximum absolute atomic E-state index is 12.8. The molecule has 2 fully saturated rings. The molecule has 0 spiro atoms. The van der Waals surface area contributed by atoms with Gasteiger partial charge < -0.3 is 25.0 Å². The van der Waals surface area contributed by atoms with E-state index < -0.39 is 0 Å². The molecule has 1 atom stereocenters. The first-order valence-corrected chi connectivity index (χ1v) is 10.3. The molecule has 28 heavy (non-hydrogen) atoms. The topological polar surface area (TPSA) is 85.1 Å². The number of nitrogens with zero attached hydrogens (tertiary/aromatic N) is 2. The third-order valence-corrected chi connectivity index (χ3v) is 5.46. The molecule has 154 valence electrons.